The Kier molecular flexibility index (Phi) is 14.0. The summed E-state index contributed by atoms with van der Waals surface area (Å²) in [6.45, 7) is 5.88. The van der Waals surface area contributed by atoms with Gasteiger partial charge in [0.2, 0.25) is 0 Å². The van der Waals surface area contributed by atoms with E-state index in [9.17, 15) is 0 Å². The third-order valence-corrected chi connectivity index (χ3v) is 6.10. The van der Waals surface area contributed by atoms with Gasteiger partial charge in [0, 0.05) is 5.54 Å². The van der Waals surface area contributed by atoms with Crippen molar-refractivity contribution < 1.29 is 0 Å². The van der Waals surface area contributed by atoms with Gasteiger partial charge in [0.05, 0.1) is 0 Å². The zero-order valence-corrected chi connectivity index (χ0v) is 17.1. The lowest BCUT2D eigenvalue weighted by atomic mass is 9.85. The minimum atomic E-state index is 0.533. The molecule has 1 fully saturated rings. The monoisotopic (exact) mass is 337 g/mol. The first-order valence-corrected chi connectivity index (χ1v) is 11.6. The highest BCUT2D eigenvalue weighted by atomic mass is 15.0. The molecule has 1 unspecified atom stereocenters. The van der Waals surface area contributed by atoms with Gasteiger partial charge in [-0.15, -0.1) is 0 Å². The standard InChI is InChI=1S/C23H47N/c1-3-5-7-9-11-13-15-17-20-23(21-18-22-24-23)19-16-14-12-10-8-6-4-2/h24H,3-22H2,1-2H3. The summed E-state index contributed by atoms with van der Waals surface area (Å²) in [6, 6.07) is 0. The van der Waals surface area contributed by atoms with E-state index in [0.717, 1.165) is 0 Å². The Morgan fingerprint density at radius 1 is 0.583 bits per heavy atom. The summed E-state index contributed by atoms with van der Waals surface area (Å²) < 4.78 is 0. The Labute approximate surface area is 153 Å². The van der Waals surface area contributed by atoms with Crippen molar-refractivity contribution >= 4 is 0 Å². The maximum absolute atomic E-state index is 3.90. The van der Waals surface area contributed by atoms with Gasteiger partial charge in [0.1, 0.15) is 0 Å². The van der Waals surface area contributed by atoms with Crippen LogP contribution in [0.1, 0.15) is 136 Å². The maximum atomic E-state index is 3.90. The van der Waals surface area contributed by atoms with Crippen LogP contribution >= 0.6 is 0 Å². The van der Waals surface area contributed by atoms with Crippen LogP contribution in [0.4, 0.5) is 0 Å². The molecule has 1 heteroatoms. The first-order valence-electron chi connectivity index (χ1n) is 11.6. The van der Waals surface area contributed by atoms with Crippen molar-refractivity contribution in [1.82, 2.24) is 5.32 Å². The molecule has 0 amide bonds. The summed E-state index contributed by atoms with van der Waals surface area (Å²) in [5.41, 5.74) is 0.533. The van der Waals surface area contributed by atoms with Crippen LogP contribution < -0.4 is 5.32 Å². The molecule has 1 saturated heterocycles. The first kappa shape index (κ1) is 22.0. The van der Waals surface area contributed by atoms with Crippen LogP contribution in [0, 0.1) is 0 Å². The van der Waals surface area contributed by atoms with E-state index in [4.69, 9.17) is 0 Å². The Hall–Kier alpha value is -0.0400. The lowest BCUT2D eigenvalue weighted by Gasteiger charge is -2.30. The van der Waals surface area contributed by atoms with E-state index in [1.165, 1.54) is 129 Å². The molecule has 1 nitrogen and oxygen atoms in total. The summed E-state index contributed by atoms with van der Waals surface area (Å²) in [4.78, 5) is 0. The van der Waals surface area contributed by atoms with Gasteiger partial charge in [0.25, 0.3) is 0 Å². The average molecular weight is 338 g/mol. The van der Waals surface area contributed by atoms with Gasteiger partial charge in [-0.25, -0.2) is 0 Å². The van der Waals surface area contributed by atoms with Crippen molar-refractivity contribution in [3.05, 3.63) is 0 Å². The Balaban J connectivity index is 2.03. The SMILES string of the molecule is CCCCCCCCCCC1(CCCCCCCCC)CCCN1. The fourth-order valence-corrected chi connectivity index (χ4v) is 4.44. The molecular formula is C23H47N. The minimum absolute atomic E-state index is 0.533. The van der Waals surface area contributed by atoms with E-state index >= 15 is 0 Å². The van der Waals surface area contributed by atoms with E-state index < -0.39 is 0 Å². The van der Waals surface area contributed by atoms with E-state index in [-0.39, 0.29) is 0 Å². The van der Waals surface area contributed by atoms with E-state index in [0.29, 0.717) is 5.54 Å². The largest absolute Gasteiger partial charge is 0.311 e. The molecule has 0 radical (unpaired) electrons. The zero-order chi connectivity index (χ0) is 17.3. The van der Waals surface area contributed by atoms with Gasteiger partial charge in [-0.3, -0.25) is 0 Å². The summed E-state index contributed by atoms with van der Waals surface area (Å²) in [7, 11) is 0. The molecule has 1 heterocycles. The molecule has 0 aromatic carbocycles. The lowest BCUT2D eigenvalue weighted by Crippen LogP contribution is -2.39. The highest BCUT2D eigenvalue weighted by molar-refractivity contribution is 4.92. The fraction of sp³-hybridized carbons (Fsp3) is 1.00. The maximum Gasteiger partial charge on any atom is 0.0182 e. The topological polar surface area (TPSA) is 12.0 Å². The van der Waals surface area contributed by atoms with Gasteiger partial charge in [-0.2, -0.15) is 0 Å². The molecule has 0 bridgehead atoms. The first-order chi connectivity index (χ1) is 11.8. The second-order valence-electron chi connectivity index (χ2n) is 8.41. The lowest BCUT2D eigenvalue weighted by molar-refractivity contribution is 0.298. The summed E-state index contributed by atoms with van der Waals surface area (Å²) in [6.07, 6.45) is 27.4. The predicted molar refractivity (Wildman–Crippen MR) is 110 cm³/mol. The van der Waals surface area contributed by atoms with Crippen LogP contribution in [0.2, 0.25) is 0 Å². The molecule has 1 N–H and O–H groups in total. The Bertz CT molecular complexity index is 255. The molecule has 0 spiro atoms. The van der Waals surface area contributed by atoms with Crippen molar-refractivity contribution in [3.8, 4) is 0 Å². The van der Waals surface area contributed by atoms with Crippen molar-refractivity contribution in [2.24, 2.45) is 0 Å². The van der Waals surface area contributed by atoms with E-state index in [2.05, 4.69) is 19.2 Å². The predicted octanol–water partition coefficient (Wildman–Crippen LogP) is 7.78. The van der Waals surface area contributed by atoms with Crippen molar-refractivity contribution in [3.63, 3.8) is 0 Å². The molecule has 0 aliphatic carbocycles. The molecule has 1 atom stereocenters. The summed E-state index contributed by atoms with van der Waals surface area (Å²) >= 11 is 0. The van der Waals surface area contributed by atoms with Crippen LogP contribution in [0.3, 0.4) is 0 Å². The van der Waals surface area contributed by atoms with Crippen molar-refractivity contribution in [1.29, 1.82) is 0 Å². The quantitative estimate of drug-likeness (QED) is 0.267. The molecule has 1 aliphatic heterocycles. The minimum Gasteiger partial charge on any atom is -0.311 e. The van der Waals surface area contributed by atoms with Crippen LogP contribution in [0.5, 0.6) is 0 Å². The Morgan fingerprint density at radius 2 is 1.00 bits per heavy atom. The molecule has 144 valence electrons. The zero-order valence-electron chi connectivity index (χ0n) is 17.1. The van der Waals surface area contributed by atoms with Crippen molar-refractivity contribution in [2.75, 3.05) is 6.54 Å². The highest BCUT2D eigenvalue weighted by Crippen LogP contribution is 2.31. The van der Waals surface area contributed by atoms with Gasteiger partial charge in [-0.05, 0) is 32.2 Å². The van der Waals surface area contributed by atoms with Gasteiger partial charge >= 0.3 is 0 Å². The third kappa shape index (κ3) is 10.7. The second kappa shape index (κ2) is 15.2. The number of nitrogens with one attached hydrogen (secondary N) is 1. The average Bonchev–Trinajstić information content (AvgIpc) is 3.05. The fourth-order valence-electron chi connectivity index (χ4n) is 4.44. The summed E-state index contributed by atoms with van der Waals surface area (Å²) in [5.74, 6) is 0. The van der Waals surface area contributed by atoms with Crippen LogP contribution in [-0.4, -0.2) is 12.1 Å². The molecule has 0 aromatic heterocycles. The van der Waals surface area contributed by atoms with Gasteiger partial charge < -0.3 is 5.32 Å². The van der Waals surface area contributed by atoms with Crippen LogP contribution in [0.25, 0.3) is 0 Å². The normalized spacial score (nSPS) is 20.8. The number of hydrogen-bond donors (Lipinski definition) is 1. The number of unbranched alkanes of at least 4 members (excludes halogenated alkanes) is 13. The highest BCUT2D eigenvalue weighted by Gasteiger charge is 2.31. The smallest absolute Gasteiger partial charge is 0.0182 e. The van der Waals surface area contributed by atoms with E-state index in [1.807, 2.05) is 0 Å². The molecule has 0 aromatic rings. The molecular weight excluding hydrogens is 290 g/mol. The Morgan fingerprint density at radius 3 is 1.38 bits per heavy atom. The molecule has 1 aliphatic rings. The van der Waals surface area contributed by atoms with Crippen LogP contribution in [0.15, 0.2) is 0 Å². The number of hydrogen-bond acceptors (Lipinski definition) is 1. The summed E-state index contributed by atoms with van der Waals surface area (Å²) in [5, 5.41) is 3.90. The third-order valence-electron chi connectivity index (χ3n) is 6.10. The van der Waals surface area contributed by atoms with Gasteiger partial charge in [0.15, 0.2) is 0 Å². The van der Waals surface area contributed by atoms with E-state index in [1.54, 1.807) is 0 Å². The molecule has 0 saturated carbocycles. The van der Waals surface area contributed by atoms with Crippen molar-refractivity contribution in [2.45, 2.75) is 141 Å². The number of rotatable bonds is 17. The molecule has 24 heavy (non-hydrogen) atoms. The molecule has 1 rings (SSSR count). The van der Waals surface area contributed by atoms with Gasteiger partial charge in [-0.1, -0.05) is 110 Å². The van der Waals surface area contributed by atoms with Crippen LogP contribution in [-0.2, 0) is 0 Å². The second-order valence-corrected chi connectivity index (χ2v) is 8.41.